The van der Waals surface area contributed by atoms with E-state index in [2.05, 4.69) is 0 Å². The second-order valence-electron chi connectivity index (χ2n) is 0.250. The van der Waals surface area contributed by atoms with E-state index in [1.54, 1.807) is 0 Å². The van der Waals surface area contributed by atoms with Crippen molar-refractivity contribution in [1.82, 2.24) is 0 Å². The fourth-order valence-electron chi connectivity index (χ4n) is 0. The van der Waals surface area contributed by atoms with Gasteiger partial charge in [0.2, 0.25) is 0 Å². The van der Waals surface area contributed by atoms with Gasteiger partial charge in [0.1, 0.15) is 0 Å². The normalized spacial score (nSPS) is 4.00. The molecule has 0 saturated carbocycles. The molecule has 5 heteroatoms. The molecule has 0 aliphatic carbocycles. The Bertz CT molecular complexity index is 33.8. The molecule has 1 atom stereocenters. The minimum atomic E-state index is -2.33. The minimum absolute atomic E-state index is 0. The zero-order valence-corrected chi connectivity index (χ0v) is 8.03. The third kappa shape index (κ3) is 65.0. The Morgan fingerprint density at radius 1 is 1.33 bits per heavy atom. The smallest absolute Gasteiger partial charge is 0.652 e. The van der Waals surface area contributed by atoms with Crippen LogP contribution >= 0.6 is 9.90 Å². The van der Waals surface area contributed by atoms with Crippen LogP contribution in [0.1, 0.15) is 0 Å². The summed E-state index contributed by atoms with van der Waals surface area (Å²) in [6.07, 6.45) is -2.33. The van der Waals surface area contributed by atoms with Gasteiger partial charge in [0, 0.05) is 0 Å². The van der Waals surface area contributed by atoms with Gasteiger partial charge in [-0.15, -0.1) is 0 Å². The van der Waals surface area contributed by atoms with Crippen LogP contribution in [0.2, 0.25) is 0 Å². The average molecular weight is 182 g/mol. The summed E-state index contributed by atoms with van der Waals surface area (Å²) in [4.78, 5) is 8.33. The molecule has 0 N–H and O–H groups in total. The number of carbonyl (C=O) groups excluding carboxylic acids is 1. The van der Waals surface area contributed by atoms with Crippen LogP contribution in [-0.4, -0.2) is 51.6 Å². The molecule has 0 spiro atoms. The molecule has 0 fully saturated rings. The van der Waals surface area contributed by atoms with Crippen molar-refractivity contribution in [3.8, 4) is 0 Å². The van der Waals surface area contributed by atoms with Gasteiger partial charge in [0.25, 0.3) is 0 Å². The van der Waals surface area contributed by atoms with Crippen LogP contribution in [0.3, 0.4) is 0 Å². The van der Waals surface area contributed by atoms with E-state index in [1.807, 2.05) is 0 Å². The SMILES string of the molecule is O=C([O-])[O-].P.[Sr+2]. The molecular formula is CH3O3PSr. The van der Waals surface area contributed by atoms with E-state index in [1.165, 1.54) is 0 Å². The molecule has 0 aliphatic heterocycles. The third-order valence-corrected chi connectivity index (χ3v) is 0. The van der Waals surface area contributed by atoms with E-state index < -0.39 is 6.16 Å². The predicted molar refractivity (Wildman–Crippen MR) is 22.3 cm³/mol. The van der Waals surface area contributed by atoms with Gasteiger partial charge in [-0.3, -0.25) is 0 Å². The third-order valence-electron chi connectivity index (χ3n) is 0. The summed E-state index contributed by atoms with van der Waals surface area (Å²) in [6.45, 7) is 0. The van der Waals surface area contributed by atoms with Gasteiger partial charge in [-0.25, -0.2) is 0 Å². The quantitative estimate of drug-likeness (QED) is 0.300. The van der Waals surface area contributed by atoms with Crippen molar-refractivity contribution in [3.63, 3.8) is 0 Å². The van der Waals surface area contributed by atoms with E-state index in [0.29, 0.717) is 0 Å². The Labute approximate surface area is 75.6 Å². The minimum Gasteiger partial charge on any atom is -0.652 e. The summed E-state index contributed by atoms with van der Waals surface area (Å²) in [7, 11) is 0. The van der Waals surface area contributed by atoms with Crippen LogP contribution in [-0.2, 0) is 0 Å². The van der Waals surface area contributed by atoms with Crippen LogP contribution in [0.4, 0.5) is 4.79 Å². The molecule has 32 valence electrons. The molecule has 0 rings (SSSR count). The largest absolute Gasteiger partial charge is 2.00 e. The van der Waals surface area contributed by atoms with Gasteiger partial charge < -0.3 is 15.0 Å². The van der Waals surface area contributed by atoms with Gasteiger partial charge in [-0.1, -0.05) is 0 Å². The van der Waals surface area contributed by atoms with E-state index in [4.69, 9.17) is 15.0 Å². The molecule has 0 aromatic heterocycles. The first-order valence-electron chi connectivity index (χ1n) is 0.612. The summed E-state index contributed by atoms with van der Waals surface area (Å²) in [6, 6.07) is 0. The molecule has 0 aliphatic rings. The topological polar surface area (TPSA) is 63.2 Å². The van der Waals surface area contributed by atoms with E-state index in [9.17, 15) is 0 Å². The van der Waals surface area contributed by atoms with Gasteiger partial charge in [0.05, 0.1) is 0 Å². The van der Waals surface area contributed by atoms with Gasteiger partial charge >= 0.3 is 45.5 Å². The van der Waals surface area contributed by atoms with Crippen molar-refractivity contribution in [3.05, 3.63) is 0 Å². The van der Waals surface area contributed by atoms with E-state index >= 15 is 0 Å². The van der Waals surface area contributed by atoms with Crippen molar-refractivity contribution >= 4 is 61.5 Å². The number of carbonyl (C=O) groups is 1. The van der Waals surface area contributed by atoms with E-state index in [0.717, 1.165) is 0 Å². The zero-order chi connectivity index (χ0) is 3.58. The predicted octanol–water partition coefficient (Wildman–Crippen LogP) is -2.77. The Balaban J connectivity index is -0.0000000450. The number of hydrogen-bond acceptors (Lipinski definition) is 3. The summed E-state index contributed by atoms with van der Waals surface area (Å²) in [5.74, 6) is 0. The molecule has 0 aromatic carbocycles. The standard InChI is InChI=1S/CH2O3.H3P.Sr/c2-1(3)4;;/h(H2,2,3,4);1H3;/q;;+2/p-2. The summed E-state index contributed by atoms with van der Waals surface area (Å²) in [5, 5.41) is 16.7. The maximum Gasteiger partial charge on any atom is 2.00 e. The maximum atomic E-state index is 8.33. The van der Waals surface area contributed by atoms with Crippen molar-refractivity contribution in [2.24, 2.45) is 0 Å². The first-order valence-corrected chi connectivity index (χ1v) is 0.612. The molecular weight excluding hydrogens is 179 g/mol. The second-order valence-corrected chi connectivity index (χ2v) is 0.250. The molecule has 3 nitrogen and oxygen atoms in total. The van der Waals surface area contributed by atoms with Crippen LogP contribution in [0.15, 0.2) is 0 Å². The van der Waals surface area contributed by atoms with Crippen LogP contribution in [0.25, 0.3) is 0 Å². The summed E-state index contributed by atoms with van der Waals surface area (Å²) < 4.78 is 0. The first kappa shape index (κ1) is 15.7. The molecule has 0 saturated heterocycles. The van der Waals surface area contributed by atoms with Crippen LogP contribution < -0.4 is 10.2 Å². The number of hydrogen-bond donors (Lipinski definition) is 0. The van der Waals surface area contributed by atoms with Gasteiger partial charge in [-0.2, -0.15) is 9.90 Å². The summed E-state index contributed by atoms with van der Waals surface area (Å²) in [5.41, 5.74) is 0. The Morgan fingerprint density at radius 2 is 1.33 bits per heavy atom. The Kier molecular flexibility index (Phi) is 24.8. The molecule has 0 heterocycles. The Morgan fingerprint density at radius 3 is 1.33 bits per heavy atom. The summed E-state index contributed by atoms with van der Waals surface area (Å²) >= 11 is 0. The monoisotopic (exact) mass is 182 g/mol. The molecule has 0 amide bonds. The molecule has 0 bridgehead atoms. The zero-order valence-electron chi connectivity index (χ0n) is 3.14. The van der Waals surface area contributed by atoms with Crippen molar-refractivity contribution in [1.29, 1.82) is 0 Å². The van der Waals surface area contributed by atoms with Crippen LogP contribution in [0, 0.1) is 0 Å². The van der Waals surface area contributed by atoms with Crippen molar-refractivity contribution in [2.45, 2.75) is 0 Å². The first-order chi connectivity index (χ1) is 1.73. The van der Waals surface area contributed by atoms with Crippen molar-refractivity contribution in [2.75, 3.05) is 0 Å². The van der Waals surface area contributed by atoms with Crippen LogP contribution in [0.5, 0.6) is 0 Å². The van der Waals surface area contributed by atoms with E-state index in [-0.39, 0.29) is 55.4 Å². The maximum absolute atomic E-state index is 8.33. The second kappa shape index (κ2) is 9.49. The van der Waals surface area contributed by atoms with Crippen molar-refractivity contribution < 1.29 is 15.0 Å². The fraction of sp³-hybridized carbons (Fsp3) is 0. The molecule has 6 heavy (non-hydrogen) atoms. The number of carboxylic acid groups (broad SMARTS) is 2. The molecule has 0 aromatic rings. The molecule has 0 radical (unpaired) electrons. The Hall–Kier alpha value is 1.18. The van der Waals surface area contributed by atoms with Gasteiger partial charge in [-0.05, 0) is 6.16 Å². The number of rotatable bonds is 0. The fourth-order valence-corrected chi connectivity index (χ4v) is 0. The van der Waals surface area contributed by atoms with Gasteiger partial charge in [0.15, 0.2) is 0 Å². The molecule has 1 unspecified atom stereocenters. The average Bonchev–Trinajstić information content (AvgIpc) is 0.811.